The van der Waals surface area contributed by atoms with Crippen molar-refractivity contribution in [3.63, 3.8) is 0 Å². The van der Waals surface area contributed by atoms with Crippen molar-refractivity contribution < 1.29 is 5.11 Å². The zero-order valence-electron chi connectivity index (χ0n) is 9.66. The lowest BCUT2D eigenvalue weighted by atomic mass is 10.2. The van der Waals surface area contributed by atoms with Crippen molar-refractivity contribution in [2.75, 3.05) is 0 Å². The molecule has 0 spiro atoms. The maximum Gasteiger partial charge on any atom is 0.182 e. The Labute approximate surface area is 90.4 Å². The highest BCUT2D eigenvalue weighted by molar-refractivity contribution is 5.12. The molecule has 3 nitrogen and oxygen atoms in total. The molecule has 1 aromatic rings. The molecular formula is C12H19NO2. The molecule has 0 amide bonds. The van der Waals surface area contributed by atoms with E-state index < -0.39 is 0 Å². The van der Waals surface area contributed by atoms with Crippen molar-refractivity contribution in [3.05, 3.63) is 33.7 Å². The molecule has 0 bridgehead atoms. The zero-order valence-corrected chi connectivity index (χ0v) is 9.66. The van der Waals surface area contributed by atoms with Gasteiger partial charge in [0, 0.05) is 30.1 Å². The van der Waals surface area contributed by atoms with Crippen LogP contribution in [0.25, 0.3) is 0 Å². The lowest BCUT2D eigenvalue weighted by Gasteiger charge is -2.17. The summed E-state index contributed by atoms with van der Waals surface area (Å²) in [7, 11) is 0. The van der Waals surface area contributed by atoms with Gasteiger partial charge in [-0.05, 0) is 20.3 Å². The van der Waals surface area contributed by atoms with Crippen LogP contribution in [0.1, 0.15) is 31.2 Å². The Morgan fingerprint density at radius 1 is 1.33 bits per heavy atom. The van der Waals surface area contributed by atoms with Gasteiger partial charge < -0.3 is 9.67 Å². The molecule has 1 rings (SSSR count). The Balaban J connectivity index is 2.90. The molecule has 0 fully saturated rings. The number of nitrogens with zero attached hydrogens (tertiary/aromatic N) is 1. The summed E-state index contributed by atoms with van der Waals surface area (Å²) in [4.78, 5) is 11.2. The first kappa shape index (κ1) is 12.0. The maximum atomic E-state index is 11.2. The van der Waals surface area contributed by atoms with Gasteiger partial charge in [0.2, 0.25) is 0 Å². The van der Waals surface area contributed by atoms with E-state index in [4.69, 9.17) is 0 Å². The van der Waals surface area contributed by atoms with Crippen LogP contribution >= 0.6 is 0 Å². The third-order valence-electron chi connectivity index (χ3n) is 2.57. The molecule has 0 aromatic carbocycles. The number of pyridine rings is 1. The summed E-state index contributed by atoms with van der Waals surface area (Å²) in [5, 5.41) is 9.72. The van der Waals surface area contributed by atoms with E-state index in [1.54, 1.807) is 12.1 Å². The highest BCUT2D eigenvalue weighted by atomic mass is 16.3. The molecule has 15 heavy (non-hydrogen) atoms. The Hall–Kier alpha value is -1.09. The molecule has 0 saturated heterocycles. The van der Waals surface area contributed by atoms with Gasteiger partial charge in [0.1, 0.15) is 0 Å². The lowest BCUT2D eigenvalue weighted by Crippen LogP contribution is -2.21. The Bertz CT molecular complexity index is 355. The average molecular weight is 209 g/mol. The predicted molar refractivity (Wildman–Crippen MR) is 61.1 cm³/mol. The molecule has 1 N–H and O–H groups in total. The Morgan fingerprint density at radius 3 is 2.33 bits per heavy atom. The molecule has 1 unspecified atom stereocenters. The third-order valence-corrected chi connectivity index (χ3v) is 2.57. The van der Waals surface area contributed by atoms with Crippen molar-refractivity contribution in [1.29, 1.82) is 0 Å². The fourth-order valence-corrected chi connectivity index (χ4v) is 1.81. The van der Waals surface area contributed by atoms with Crippen molar-refractivity contribution >= 4 is 0 Å². The number of hydrogen-bond acceptors (Lipinski definition) is 2. The fraction of sp³-hybridized carbons (Fsp3) is 0.583. The number of rotatable bonds is 4. The van der Waals surface area contributed by atoms with Crippen LogP contribution in [0.15, 0.2) is 16.9 Å². The summed E-state index contributed by atoms with van der Waals surface area (Å²) in [5.41, 5.74) is 1.86. The van der Waals surface area contributed by atoms with Gasteiger partial charge >= 0.3 is 0 Å². The van der Waals surface area contributed by atoms with Crippen LogP contribution in [0.5, 0.6) is 0 Å². The maximum absolute atomic E-state index is 11.2. The molecule has 0 aliphatic carbocycles. The summed E-state index contributed by atoms with van der Waals surface area (Å²) >= 11 is 0. The van der Waals surface area contributed by atoms with E-state index in [2.05, 4.69) is 0 Å². The predicted octanol–water partition coefficient (Wildman–Crippen LogP) is 1.63. The van der Waals surface area contributed by atoms with Crippen LogP contribution in [0.4, 0.5) is 0 Å². The van der Waals surface area contributed by atoms with Crippen LogP contribution in [0, 0.1) is 13.8 Å². The minimum atomic E-state index is -0.324. The van der Waals surface area contributed by atoms with E-state index >= 15 is 0 Å². The van der Waals surface area contributed by atoms with Crippen LogP contribution < -0.4 is 5.43 Å². The molecule has 1 atom stereocenters. The van der Waals surface area contributed by atoms with Crippen molar-refractivity contribution in [2.24, 2.45) is 0 Å². The monoisotopic (exact) mass is 209 g/mol. The van der Waals surface area contributed by atoms with Gasteiger partial charge in [0.25, 0.3) is 0 Å². The molecular weight excluding hydrogens is 190 g/mol. The summed E-state index contributed by atoms with van der Waals surface area (Å²) < 4.78 is 1.99. The fourth-order valence-electron chi connectivity index (χ4n) is 1.81. The van der Waals surface area contributed by atoms with Crippen LogP contribution in [0.2, 0.25) is 0 Å². The van der Waals surface area contributed by atoms with Gasteiger partial charge in [-0.2, -0.15) is 0 Å². The topological polar surface area (TPSA) is 42.2 Å². The van der Waals surface area contributed by atoms with E-state index in [1.165, 1.54) is 0 Å². The minimum absolute atomic E-state index is 0.0335. The van der Waals surface area contributed by atoms with Gasteiger partial charge in [-0.15, -0.1) is 0 Å². The number of aliphatic hydroxyl groups is 1. The highest BCUT2D eigenvalue weighted by Gasteiger charge is 2.07. The molecule has 3 heteroatoms. The molecule has 84 valence electrons. The number of hydrogen-bond donors (Lipinski definition) is 1. The van der Waals surface area contributed by atoms with Crippen LogP contribution in [-0.4, -0.2) is 15.8 Å². The molecule has 0 aliphatic rings. The quantitative estimate of drug-likeness (QED) is 0.819. The summed E-state index contributed by atoms with van der Waals surface area (Å²) in [6, 6.07) is 3.21. The first-order chi connectivity index (χ1) is 7.04. The van der Waals surface area contributed by atoms with Gasteiger partial charge in [-0.3, -0.25) is 4.79 Å². The van der Waals surface area contributed by atoms with Crippen molar-refractivity contribution in [2.45, 2.75) is 46.3 Å². The van der Waals surface area contributed by atoms with E-state index in [0.29, 0.717) is 6.54 Å². The number of aryl methyl sites for hydroxylation is 2. The molecule has 0 saturated carbocycles. The second-order valence-electron chi connectivity index (χ2n) is 4.03. The number of aromatic nitrogens is 1. The third kappa shape index (κ3) is 3.20. The Morgan fingerprint density at radius 2 is 1.87 bits per heavy atom. The highest BCUT2D eigenvalue weighted by Crippen LogP contribution is 2.06. The minimum Gasteiger partial charge on any atom is -0.391 e. The Kier molecular flexibility index (Phi) is 4.09. The first-order valence-corrected chi connectivity index (χ1v) is 5.40. The standard InChI is InChI=1S/C12H19NO2/c1-4-5-11(14)8-13-9(2)6-12(15)7-10(13)3/h6-7,11,14H,4-5,8H2,1-3H3. The largest absolute Gasteiger partial charge is 0.391 e. The normalized spacial score (nSPS) is 12.8. The smallest absolute Gasteiger partial charge is 0.182 e. The number of aliphatic hydroxyl groups excluding tert-OH is 1. The van der Waals surface area contributed by atoms with E-state index in [0.717, 1.165) is 24.2 Å². The molecule has 0 aliphatic heterocycles. The molecule has 1 heterocycles. The summed E-state index contributed by atoms with van der Waals surface area (Å²) in [6.07, 6.45) is 1.44. The second kappa shape index (κ2) is 5.12. The van der Waals surface area contributed by atoms with Gasteiger partial charge in [-0.1, -0.05) is 13.3 Å². The first-order valence-electron chi connectivity index (χ1n) is 5.40. The van der Waals surface area contributed by atoms with Crippen molar-refractivity contribution in [1.82, 2.24) is 4.57 Å². The molecule has 0 radical (unpaired) electrons. The van der Waals surface area contributed by atoms with E-state index in [-0.39, 0.29) is 11.5 Å². The summed E-state index contributed by atoms with van der Waals surface area (Å²) in [5.74, 6) is 0. The lowest BCUT2D eigenvalue weighted by molar-refractivity contribution is 0.141. The van der Waals surface area contributed by atoms with Gasteiger partial charge in [0.05, 0.1) is 6.10 Å². The average Bonchev–Trinajstić information content (AvgIpc) is 2.11. The van der Waals surface area contributed by atoms with Crippen LogP contribution in [0.3, 0.4) is 0 Å². The summed E-state index contributed by atoms with van der Waals surface area (Å²) in [6.45, 7) is 6.42. The van der Waals surface area contributed by atoms with Gasteiger partial charge in [-0.25, -0.2) is 0 Å². The van der Waals surface area contributed by atoms with Crippen molar-refractivity contribution in [3.8, 4) is 0 Å². The van der Waals surface area contributed by atoms with Crippen LogP contribution in [-0.2, 0) is 6.54 Å². The van der Waals surface area contributed by atoms with E-state index in [1.807, 2.05) is 25.3 Å². The zero-order chi connectivity index (χ0) is 11.4. The van der Waals surface area contributed by atoms with Gasteiger partial charge in [0.15, 0.2) is 5.43 Å². The molecule has 1 aromatic heterocycles. The van der Waals surface area contributed by atoms with E-state index in [9.17, 15) is 9.90 Å². The second-order valence-corrected chi connectivity index (χ2v) is 4.03. The SMILES string of the molecule is CCCC(O)Cn1c(C)cc(=O)cc1C.